The standard InChI is InChI=1S/C19H15Cl2NO3S/c1-25-19-9-5-3-7-15(19)14-6-2-4-8-18(14)22-26(23,24)13-10-11-16(20)17(21)12-13/h2-12,22H,1H3. The maximum absolute atomic E-state index is 12.8. The molecule has 3 aromatic carbocycles. The molecule has 26 heavy (non-hydrogen) atoms. The number of rotatable bonds is 5. The predicted octanol–water partition coefficient (Wildman–Crippen LogP) is 5.47. The maximum atomic E-state index is 12.8. The lowest BCUT2D eigenvalue weighted by atomic mass is 10.0. The van der Waals surface area contributed by atoms with Crippen molar-refractivity contribution in [2.45, 2.75) is 4.90 Å². The molecule has 0 saturated heterocycles. The first-order valence-corrected chi connectivity index (χ1v) is 9.86. The Labute approximate surface area is 162 Å². The zero-order chi connectivity index (χ0) is 18.7. The van der Waals surface area contributed by atoms with Gasteiger partial charge in [-0.15, -0.1) is 0 Å². The van der Waals surface area contributed by atoms with Gasteiger partial charge in [-0.05, 0) is 30.3 Å². The van der Waals surface area contributed by atoms with E-state index in [9.17, 15) is 8.42 Å². The van der Waals surface area contributed by atoms with E-state index in [4.69, 9.17) is 27.9 Å². The summed E-state index contributed by atoms with van der Waals surface area (Å²) < 4.78 is 33.5. The van der Waals surface area contributed by atoms with Gasteiger partial charge in [-0.25, -0.2) is 8.42 Å². The minimum Gasteiger partial charge on any atom is -0.496 e. The first kappa shape index (κ1) is 18.6. The third-order valence-corrected chi connectivity index (χ3v) is 5.87. The van der Waals surface area contributed by atoms with Gasteiger partial charge in [0.15, 0.2) is 0 Å². The molecule has 3 aromatic rings. The van der Waals surface area contributed by atoms with E-state index >= 15 is 0 Å². The highest BCUT2D eigenvalue weighted by atomic mass is 35.5. The Bertz CT molecular complexity index is 1050. The highest BCUT2D eigenvalue weighted by Gasteiger charge is 2.18. The highest BCUT2D eigenvalue weighted by molar-refractivity contribution is 7.92. The molecule has 134 valence electrons. The summed E-state index contributed by atoms with van der Waals surface area (Å²) in [6.07, 6.45) is 0. The van der Waals surface area contributed by atoms with Crippen molar-refractivity contribution in [1.29, 1.82) is 0 Å². The van der Waals surface area contributed by atoms with Crippen molar-refractivity contribution < 1.29 is 13.2 Å². The van der Waals surface area contributed by atoms with E-state index in [2.05, 4.69) is 4.72 Å². The van der Waals surface area contributed by atoms with Gasteiger partial charge in [0.05, 0.1) is 27.7 Å². The normalized spacial score (nSPS) is 11.2. The van der Waals surface area contributed by atoms with Crippen LogP contribution < -0.4 is 9.46 Å². The Balaban J connectivity index is 2.04. The third kappa shape index (κ3) is 3.80. The Morgan fingerprint density at radius 2 is 1.50 bits per heavy atom. The number of nitrogens with one attached hydrogen (secondary N) is 1. The van der Waals surface area contributed by atoms with Crippen LogP contribution in [0.3, 0.4) is 0 Å². The van der Waals surface area contributed by atoms with E-state index in [-0.39, 0.29) is 9.92 Å². The van der Waals surface area contributed by atoms with E-state index in [1.807, 2.05) is 36.4 Å². The summed E-state index contributed by atoms with van der Waals surface area (Å²) >= 11 is 11.8. The van der Waals surface area contributed by atoms with Gasteiger partial charge in [0, 0.05) is 11.1 Å². The van der Waals surface area contributed by atoms with E-state index in [0.717, 1.165) is 5.56 Å². The average Bonchev–Trinajstić information content (AvgIpc) is 2.64. The minimum absolute atomic E-state index is 0.0294. The van der Waals surface area contributed by atoms with E-state index in [1.54, 1.807) is 19.2 Å². The van der Waals surface area contributed by atoms with Crippen LogP contribution in [0.2, 0.25) is 10.0 Å². The molecule has 0 fully saturated rings. The number of methoxy groups -OCH3 is 1. The second-order valence-corrected chi connectivity index (χ2v) is 7.92. The number of hydrogen-bond acceptors (Lipinski definition) is 3. The lowest BCUT2D eigenvalue weighted by molar-refractivity contribution is 0.416. The summed E-state index contributed by atoms with van der Waals surface area (Å²) in [5.74, 6) is 0.647. The van der Waals surface area contributed by atoms with Crippen molar-refractivity contribution >= 4 is 38.9 Å². The van der Waals surface area contributed by atoms with Crippen LogP contribution in [0.15, 0.2) is 71.6 Å². The van der Waals surface area contributed by atoms with Gasteiger partial charge in [0.2, 0.25) is 0 Å². The van der Waals surface area contributed by atoms with Crippen LogP contribution in [0, 0.1) is 0 Å². The van der Waals surface area contributed by atoms with Crippen LogP contribution in [-0.2, 0) is 10.0 Å². The summed E-state index contributed by atoms with van der Waals surface area (Å²) in [6.45, 7) is 0. The first-order valence-electron chi connectivity index (χ1n) is 7.62. The molecule has 0 aliphatic rings. The van der Waals surface area contributed by atoms with E-state index < -0.39 is 10.0 Å². The summed E-state index contributed by atoms with van der Waals surface area (Å²) in [6, 6.07) is 18.7. The van der Waals surface area contributed by atoms with Crippen molar-refractivity contribution in [2.24, 2.45) is 0 Å². The Morgan fingerprint density at radius 3 is 2.19 bits per heavy atom. The maximum Gasteiger partial charge on any atom is 0.261 e. The van der Waals surface area contributed by atoms with Gasteiger partial charge in [-0.1, -0.05) is 59.6 Å². The summed E-state index contributed by atoms with van der Waals surface area (Å²) in [5.41, 5.74) is 1.92. The number of benzene rings is 3. The lowest BCUT2D eigenvalue weighted by Gasteiger charge is -2.15. The van der Waals surface area contributed by atoms with Crippen LogP contribution in [0.5, 0.6) is 5.75 Å². The molecular formula is C19H15Cl2NO3S. The van der Waals surface area contributed by atoms with Gasteiger partial charge in [-0.3, -0.25) is 4.72 Å². The number of ether oxygens (including phenoxy) is 1. The number of sulfonamides is 1. The van der Waals surface area contributed by atoms with Crippen molar-refractivity contribution in [3.05, 3.63) is 76.8 Å². The molecule has 0 amide bonds. The lowest BCUT2D eigenvalue weighted by Crippen LogP contribution is -2.13. The number of halogens is 2. The fourth-order valence-electron chi connectivity index (χ4n) is 2.52. The molecule has 0 unspecified atom stereocenters. The van der Waals surface area contributed by atoms with Gasteiger partial charge < -0.3 is 4.74 Å². The monoisotopic (exact) mass is 407 g/mol. The zero-order valence-corrected chi connectivity index (χ0v) is 16.1. The summed E-state index contributed by atoms with van der Waals surface area (Å²) in [7, 11) is -2.27. The van der Waals surface area contributed by atoms with E-state index in [0.29, 0.717) is 22.0 Å². The molecule has 0 atom stereocenters. The molecule has 0 spiro atoms. The Hall–Kier alpha value is -2.21. The van der Waals surface area contributed by atoms with Crippen molar-refractivity contribution in [2.75, 3.05) is 11.8 Å². The average molecular weight is 408 g/mol. The topological polar surface area (TPSA) is 55.4 Å². The highest BCUT2D eigenvalue weighted by Crippen LogP contribution is 2.36. The van der Waals surface area contributed by atoms with Gasteiger partial charge in [-0.2, -0.15) is 0 Å². The molecule has 7 heteroatoms. The first-order chi connectivity index (χ1) is 12.4. The van der Waals surface area contributed by atoms with Crippen molar-refractivity contribution in [3.63, 3.8) is 0 Å². The third-order valence-electron chi connectivity index (χ3n) is 3.77. The van der Waals surface area contributed by atoms with Crippen LogP contribution >= 0.6 is 23.2 Å². The molecular weight excluding hydrogens is 393 g/mol. The molecule has 0 aliphatic heterocycles. The number of para-hydroxylation sites is 2. The van der Waals surface area contributed by atoms with Crippen molar-refractivity contribution in [3.8, 4) is 16.9 Å². The SMILES string of the molecule is COc1ccccc1-c1ccccc1NS(=O)(=O)c1ccc(Cl)c(Cl)c1. The fourth-order valence-corrected chi connectivity index (χ4v) is 3.99. The quantitative estimate of drug-likeness (QED) is 0.609. The van der Waals surface area contributed by atoms with Gasteiger partial charge in [0.1, 0.15) is 5.75 Å². The molecule has 0 saturated carbocycles. The van der Waals surface area contributed by atoms with E-state index in [1.165, 1.54) is 18.2 Å². The van der Waals surface area contributed by atoms with Gasteiger partial charge in [0.25, 0.3) is 10.0 Å². The molecule has 0 aliphatic carbocycles. The van der Waals surface area contributed by atoms with Gasteiger partial charge >= 0.3 is 0 Å². The van der Waals surface area contributed by atoms with Crippen LogP contribution in [0.25, 0.3) is 11.1 Å². The predicted molar refractivity (Wildman–Crippen MR) is 106 cm³/mol. The molecule has 1 N–H and O–H groups in total. The van der Waals surface area contributed by atoms with Crippen molar-refractivity contribution in [1.82, 2.24) is 0 Å². The minimum atomic E-state index is -3.84. The number of anilines is 1. The molecule has 4 nitrogen and oxygen atoms in total. The molecule has 0 bridgehead atoms. The summed E-state index contributed by atoms with van der Waals surface area (Å²) in [5, 5.41) is 0.465. The Morgan fingerprint density at radius 1 is 0.846 bits per heavy atom. The number of hydrogen-bond donors (Lipinski definition) is 1. The van der Waals surface area contributed by atoms with Crippen LogP contribution in [-0.4, -0.2) is 15.5 Å². The Kier molecular flexibility index (Phi) is 5.41. The summed E-state index contributed by atoms with van der Waals surface area (Å²) in [4.78, 5) is 0.0294. The fraction of sp³-hybridized carbons (Fsp3) is 0.0526. The molecule has 0 radical (unpaired) electrons. The second kappa shape index (κ2) is 7.58. The molecule has 3 rings (SSSR count). The largest absolute Gasteiger partial charge is 0.496 e. The second-order valence-electron chi connectivity index (χ2n) is 5.43. The molecule has 0 heterocycles. The smallest absolute Gasteiger partial charge is 0.261 e. The van der Waals surface area contributed by atoms with Crippen LogP contribution in [0.4, 0.5) is 5.69 Å². The molecule has 0 aromatic heterocycles. The zero-order valence-electron chi connectivity index (χ0n) is 13.7. The van der Waals surface area contributed by atoms with Crippen LogP contribution in [0.1, 0.15) is 0 Å².